The Morgan fingerprint density at radius 1 is 1.18 bits per heavy atom. The Hall–Kier alpha value is -2.74. The lowest BCUT2D eigenvalue weighted by Crippen LogP contribution is -2.46. The van der Waals surface area contributed by atoms with Crippen LogP contribution in [0.4, 0.5) is 25.1 Å². The van der Waals surface area contributed by atoms with Crippen LogP contribution in [0, 0.1) is 11.7 Å². The second-order valence-corrected chi connectivity index (χ2v) is 10.1. The summed E-state index contributed by atoms with van der Waals surface area (Å²) in [5, 5.41) is 3.01. The molecule has 1 unspecified atom stereocenters. The Morgan fingerprint density at radius 3 is 2.50 bits per heavy atom. The topological polar surface area (TPSA) is 57.7 Å². The highest BCUT2D eigenvalue weighted by molar-refractivity contribution is 5.99. The SMILES string of the molecule is COC(C)(C)C1CCN(C(=O)Nc2c(-c3ccccc3F)ccnc2N2CCC(C)(F)C2)CC1. The smallest absolute Gasteiger partial charge is 0.321 e. The van der Waals surface area contributed by atoms with Gasteiger partial charge in [0.15, 0.2) is 5.82 Å². The van der Waals surface area contributed by atoms with Gasteiger partial charge in [-0.2, -0.15) is 0 Å². The minimum absolute atomic E-state index is 0.168. The van der Waals surface area contributed by atoms with Gasteiger partial charge in [-0.15, -0.1) is 0 Å². The fourth-order valence-corrected chi connectivity index (χ4v) is 4.95. The van der Waals surface area contributed by atoms with Gasteiger partial charge in [0, 0.05) is 50.5 Å². The number of carbonyl (C=O) groups excluding carboxylic acids is 1. The van der Waals surface area contributed by atoms with Gasteiger partial charge >= 0.3 is 6.03 Å². The molecule has 6 nitrogen and oxygen atoms in total. The van der Waals surface area contributed by atoms with E-state index in [2.05, 4.69) is 24.1 Å². The molecule has 1 atom stereocenters. The molecular formula is C26H34F2N4O2. The molecule has 4 rings (SSSR count). The lowest BCUT2D eigenvalue weighted by atomic mass is 9.83. The van der Waals surface area contributed by atoms with Crippen molar-refractivity contribution in [1.29, 1.82) is 0 Å². The van der Waals surface area contributed by atoms with Crippen LogP contribution < -0.4 is 10.2 Å². The van der Waals surface area contributed by atoms with E-state index in [4.69, 9.17) is 4.74 Å². The molecule has 2 aromatic rings. The largest absolute Gasteiger partial charge is 0.379 e. The summed E-state index contributed by atoms with van der Waals surface area (Å²) in [5.74, 6) is 0.428. The normalized spacial score (nSPS) is 21.7. The minimum Gasteiger partial charge on any atom is -0.379 e. The summed E-state index contributed by atoms with van der Waals surface area (Å²) in [6.45, 7) is 7.55. The Kier molecular flexibility index (Phi) is 6.80. The maximum atomic E-state index is 14.7. The molecule has 0 saturated carbocycles. The maximum Gasteiger partial charge on any atom is 0.321 e. The van der Waals surface area contributed by atoms with Crippen LogP contribution in [0.5, 0.6) is 0 Å². The number of hydrogen-bond acceptors (Lipinski definition) is 4. The highest BCUT2D eigenvalue weighted by Gasteiger charge is 2.37. The number of pyridine rings is 1. The summed E-state index contributed by atoms with van der Waals surface area (Å²) < 4.78 is 35.0. The highest BCUT2D eigenvalue weighted by atomic mass is 19.1. The predicted octanol–water partition coefficient (Wildman–Crippen LogP) is 5.49. The number of ether oxygens (including phenoxy) is 1. The molecule has 3 heterocycles. The minimum atomic E-state index is -1.34. The van der Waals surface area contributed by atoms with Crippen molar-refractivity contribution >= 4 is 17.5 Å². The number of anilines is 2. The van der Waals surface area contributed by atoms with Gasteiger partial charge in [-0.05, 0) is 51.7 Å². The molecule has 34 heavy (non-hydrogen) atoms. The van der Waals surface area contributed by atoms with Crippen LogP contribution in [0.2, 0.25) is 0 Å². The van der Waals surface area contributed by atoms with Crippen LogP contribution in [-0.4, -0.2) is 60.5 Å². The van der Waals surface area contributed by atoms with E-state index in [1.807, 2.05) is 4.90 Å². The number of halogens is 2. The zero-order valence-corrected chi connectivity index (χ0v) is 20.4. The van der Waals surface area contributed by atoms with E-state index >= 15 is 0 Å². The van der Waals surface area contributed by atoms with Crippen molar-refractivity contribution in [2.75, 3.05) is 43.5 Å². The van der Waals surface area contributed by atoms with Crippen molar-refractivity contribution in [3.63, 3.8) is 0 Å². The standard InChI is InChI=1S/C26H34F2N4O2/c1-25(2,34-4)18-10-14-31(15-11-18)24(33)30-22-20(19-7-5-6-8-21(19)27)9-13-29-23(22)32-16-12-26(3,28)17-32/h5-9,13,18H,10-12,14-17H2,1-4H3,(H,30,33). The molecule has 2 aliphatic rings. The first-order valence-electron chi connectivity index (χ1n) is 11.9. The molecule has 8 heteroatoms. The molecular weight excluding hydrogens is 438 g/mol. The Balaban J connectivity index is 1.62. The van der Waals surface area contributed by atoms with Crippen LogP contribution in [0.3, 0.4) is 0 Å². The van der Waals surface area contributed by atoms with Crippen molar-refractivity contribution in [3.05, 3.63) is 42.3 Å². The number of hydrogen-bond donors (Lipinski definition) is 1. The number of carbonyl (C=O) groups is 1. The number of likely N-dealkylation sites (tertiary alicyclic amines) is 1. The number of piperidine rings is 1. The molecule has 0 aliphatic carbocycles. The summed E-state index contributed by atoms with van der Waals surface area (Å²) in [5.41, 5.74) is -0.281. The van der Waals surface area contributed by atoms with Crippen molar-refractivity contribution in [3.8, 4) is 11.1 Å². The molecule has 184 valence electrons. The third kappa shape index (κ3) is 5.02. The van der Waals surface area contributed by atoms with Crippen LogP contribution in [0.15, 0.2) is 36.5 Å². The number of rotatable bonds is 5. The molecule has 1 aromatic carbocycles. The molecule has 1 aromatic heterocycles. The van der Waals surface area contributed by atoms with E-state index in [1.165, 1.54) is 6.07 Å². The average Bonchev–Trinajstić information content (AvgIpc) is 3.19. The molecule has 0 spiro atoms. The third-order valence-corrected chi connectivity index (χ3v) is 7.34. The van der Waals surface area contributed by atoms with Crippen LogP contribution in [-0.2, 0) is 4.74 Å². The van der Waals surface area contributed by atoms with Gasteiger partial charge in [-0.3, -0.25) is 0 Å². The number of urea groups is 1. The van der Waals surface area contributed by atoms with Gasteiger partial charge in [0.05, 0.1) is 17.8 Å². The zero-order valence-electron chi connectivity index (χ0n) is 20.4. The fraction of sp³-hybridized carbons (Fsp3) is 0.538. The molecule has 2 fully saturated rings. The van der Waals surface area contributed by atoms with Gasteiger partial charge in [0.25, 0.3) is 0 Å². The molecule has 1 N–H and O–H groups in total. The van der Waals surface area contributed by atoms with Crippen molar-refractivity contribution in [2.24, 2.45) is 5.92 Å². The van der Waals surface area contributed by atoms with E-state index < -0.39 is 11.5 Å². The van der Waals surface area contributed by atoms with Crippen molar-refractivity contribution < 1.29 is 18.3 Å². The van der Waals surface area contributed by atoms with Crippen LogP contribution in [0.1, 0.15) is 40.0 Å². The summed E-state index contributed by atoms with van der Waals surface area (Å²) in [6, 6.07) is 7.86. The quantitative estimate of drug-likeness (QED) is 0.625. The van der Waals surface area contributed by atoms with E-state index in [-0.39, 0.29) is 18.2 Å². The Labute approximate surface area is 200 Å². The van der Waals surface area contributed by atoms with Gasteiger partial charge in [-0.25, -0.2) is 18.6 Å². The molecule has 0 bridgehead atoms. The number of nitrogens with one attached hydrogen (secondary N) is 1. The fourth-order valence-electron chi connectivity index (χ4n) is 4.95. The third-order valence-electron chi connectivity index (χ3n) is 7.34. The van der Waals surface area contributed by atoms with Crippen molar-refractivity contribution in [2.45, 2.75) is 51.3 Å². The second kappa shape index (κ2) is 9.49. The van der Waals surface area contributed by atoms with Crippen LogP contribution in [0.25, 0.3) is 11.1 Å². The first-order valence-corrected chi connectivity index (χ1v) is 11.9. The summed E-state index contributed by atoms with van der Waals surface area (Å²) in [7, 11) is 1.72. The summed E-state index contributed by atoms with van der Waals surface area (Å²) >= 11 is 0. The van der Waals surface area contributed by atoms with E-state index in [0.717, 1.165) is 12.8 Å². The summed E-state index contributed by atoms with van der Waals surface area (Å²) in [4.78, 5) is 21.4. The zero-order chi connectivity index (χ0) is 24.5. The average molecular weight is 473 g/mol. The first kappa shape index (κ1) is 24.4. The number of nitrogens with zero attached hydrogens (tertiary/aromatic N) is 3. The number of aromatic nitrogens is 1. The molecule has 2 amide bonds. The highest BCUT2D eigenvalue weighted by Crippen LogP contribution is 2.39. The van der Waals surface area contributed by atoms with Crippen LogP contribution >= 0.6 is 0 Å². The van der Waals surface area contributed by atoms with Gasteiger partial charge in [0.1, 0.15) is 11.5 Å². The Bertz CT molecular complexity index is 1040. The van der Waals surface area contributed by atoms with E-state index in [1.54, 1.807) is 49.4 Å². The first-order chi connectivity index (χ1) is 16.1. The monoisotopic (exact) mass is 472 g/mol. The number of methoxy groups -OCH3 is 1. The lowest BCUT2D eigenvalue weighted by molar-refractivity contribution is -0.0449. The number of amides is 2. The van der Waals surface area contributed by atoms with Crippen molar-refractivity contribution in [1.82, 2.24) is 9.88 Å². The predicted molar refractivity (Wildman–Crippen MR) is 130 cm³/mol. The molecule has 2 saturated heterocycles. The number of benzene rings is 1. The Morgan fingerprint density at radius 2 is 1.88 bits per heavy atom. The molecule has 2 aliphatic heterocycles. The summed E-state index contributed by atoms with van der Waals surface area (Å²) in [6.07, 6.45) is 3.62. The lowest BCUT2D eigenvalue weighted by Gasteiger charge is -2.39. The van der Waals surface area contributed by atoms with Gasteiger partial charge in [-0.1, -0.05) is 18.2 Å². The van der Waals surface area contributed by atoms with Gasteiger partial charge < -0.3 is 19.9 Å². The maximum absolute atomic E-state index is 14.7. The second-order valence-electron chi connectivity index (χ2n) is 10.1. The van der Waals surface area contributed by atoms with Gasteiger partial charge in [0.2, 0.25) is 0 Å². The van der Waals surface area contributed by atoms with E-state index in [9.17, 15) is 13.6 Å². The molecule has 0 radical (unpaired) electrons. The number of alkyl halides is 1. The van der Waals surface area contributed by atoms with E-state index in [0.29, 0.717) is 54.6 Å².